The van der Waals surface area contributed by atoms with E-state index in [1.165, 1.54) is 37.3 Å². The van der Waals surface area contributed by atoms with E-state index in [0.29, 0.717) is 5.02 Å². The Morgan fingerprint density at radius 1 is 1.56 bits per heavy atom. The number of nitrogens with zero attached hydrogens (tertiary/aromatic N) is 1. The van der Waals surface area contributed by atoms with Gasteiger partial charge < -0.3 is 19.8 Å². The number of likely N-dealkylation sites (N-methyl/N-ethyl adjacent to an activating group) is 1. The number of ether oxygens (including phenoxy) is 1. The monoisotopic (exact) mass is 273 g/mol. The lowest BCUT2D eigenvalue weighted by atomic mass is 10.1. The average Bonchev–Trinajstić information content (AvgIpc) is 2.28. The first-order valence-electron chi connectivity index (χ1n) is 5.36. The van der Waals surface area contributed by atoms with Gasteiger partial charge in [-0.15, -0.1) is 0 Å². The van der Waals surface area contributed by atoms with Crippen LogP contribution >= 0.6 is 11.6 Å². The third-order valence-corrected chi connectivity index (χ3v) is 2.62. The molecule has 2 N–H and O–H groups in total. The van der Waals surface area contributed by atoms with Crippen molar-refractivity contribution in [2.24, 2.45) is 0 Å². The van der Waals surface area contributed by atoms with Crippen molar-refractivity contribution in [2.75, 3.05) is 27.3 Å². The van der Waals surface area contributed by atoms with Crippen LogP contribution in [0.3, 0.4) is 0 Å². The second kappa shape index (κ2) is 6.58. The van der Waals surface area contributed by atoms with Gasteiger partial charge in [-0.1, -0.05) is 11.6 Å². The Morgan fingerprint density at radius 2 is 2.22 bits per heavy atom. The molecule has 1 unspecified atom stereocenters. The van der Waals surface area contributed by atoms with Crippen LogP contribution in [-0.4, -0.2) is 54.4 Å². The molecule has 0 fully saturated rings. The van der Waals surface area contributed by atoms with Crippen LogP contribution in [0.2, 0.25) is 5.02 Å². The molecular formula is C12H16ClNO4. The van der Waals surface area contributed by atoms with Gasteiger partial charge >= 0.3 is 0 Å². The summed E-state index contributed by atoms with van der Waals surface area (Å²) in [5.41, 5.74) is 0.145. The lowest BCUT2D eigenvalue weighted by molar-refractivity contribution is 0.0379. The zero-order valence-corrected chi connectivity index (χ0v) is 11.0. The molecule has 18 heavy (non-hydrogen) atoms. The summed E-state index contributed by atoms with van der Waals surface area (Å²) in [5, 5.41) is 19.5. The first-order valence-corrected chi connectivity index (χ1v) is 5.74. The normalized spacial score (nSPS) is 12.2. The number of phenolic OH excluding ortho intramolecular Hbond substituents is 1. The fourth-order valence-corrected chi connectivity index (χ4v) is 1.70. The quantitative estimate of drug-likeness (QED) is 0.844. The molecule has 0 aliphatic rings. The molecule has 6 heteroatoms. The third-order valence-electron chi connectivity index (χ3n) is 2.38. The Balaban J connectivity index is 2.74. The fraction of sp³-hybridized carbons (Fsp3) is 0.417. The van der Waals surface area contributed by atoms with Crippen LogP contribution in [0, 0.1) is 0 Å². The van der Waals surface area contributed by atoms with Gasteiger partial charge in [-0.3, -0.25) is 4.79 Å². The van der Waals surface area contributed by atoms with Gasteiger partial charge in [0, 0.05) is 25.7 Å². The summed E-state index contributed by atoms with van der Waals surface area (Å²) < 4.78 is 4.77. The maximum Gasteiger partial charge on any atom is 0.257 e. The molecule has 0 aromatic heterocycles. The van der Waals surface area contributed by atoms with Gasteiger partial charge in [-0.05, 0) is 18.2 Å². The third kappa shape index (κ3) is 3.87. The van der Waals surface area contributed by atoms with Crippen molar-refractivity contribution in [3.05, 3.63) is 28.8 Å². The first-order chi connectivity index (χ1) is 8.45. The van der Waals surface area contributed by atoms with Crippen molar-refractivity contribution < 1.29 is 19.7 Å². The summed E-state index contributed by atoms with van der Waals surface area (Å²) in [7, 11) is 3.01. The van der Waals surface area contributed by atoms with E-state index in [-0.39, 0.29) is 30.4 Å². The van der Waals surface area contributed by atoms with E-state index in [2.05, 4.69) is 0 Å². The zero-order chi connectivity index (χ0) is 13.7. The number of halogens is 1. The van der Waals surface area contributed by atoms with Crippen molar-refractivity contribution in [1.82, 2.24) is 4.90 Å². The van der Waals surface area contributed by atoms with Crippen LogP contribution in [-0.2, 0) is 4.74 Å². The van der Waals surface area contributed by atoms with Crippen molar-refractivity contribution in [2.45, 2.75) is 6.10 Å². The number of methoxy groups -OCH3 is 1. The molecule has 0 aliphatic carbocycles. The molecule has 1 aromatic rings. The maximum absolute atomic E-state index is 12.0. The number of hydrogen-bond acceptors (Lipinski definition) is 4. The topological polar surface area (TPSA) is 70.0 Å². The smallest absolute Gasteiger partial charge is 0.257 e. The zero-order valence-electron chi connectivity index (χ0n) is 10.3. The van der Waals surface area contributed by atoms with Gasteiger partial charge in [0.2, 0.25) is 0 Å². The highest BCUT2D eigenvalue weighted by molar-refractivity contribution is 6.30. The van der Waals surface area contributed by atoms with E-state index in [4.69, 9.17) is 16.3 Å². The average molecular weight is 274 g/mol. The Morgan fingerprint density at radius 3 is 2.78 bits per heavy atom. The number of aromatic hydroxyl groups is 1. The highest BCUT2D eigenvalue weighted by atomic mass is 35.5. The van der Waals surface area contributed by atoms with Crippen LogP contribution in [0.4, 0.5) is 0 Å². The minimum atomic E-state index is -0.765. The van der Waals surface area contributed by atoms with Crippen molar-refractivity contribution in [3.63, 3.8) is 0 Å². The molecule has 1 atom stereocenters. The van der Waals surface area contributed by atoms with Gasteiger partial charge in [0.15, 0.2) is 0 Å². The van der Waals surface area contributed by atoms with Gasteiger partial charge in [-0.25, -0.2) is 0 Å². The number of benzene rings is 1. The Labute approximate surface area is 111 Å². The molecule has 0 bridgehead atoms. The minimum Gasteiger partial charge on any atom is -0.507 e. The molecule has 100 valence electrons. The van der Waals surface area contributed by atoms with Crippen LogP contribution in [0.1, 0.15) is 10.4 Å². The SMILES string of the molecule is COCC(O)CN(C)C(=O)c1ccc(Cl)cc1O. The van der Waals surface area contributed by atoms with Crippen LogP contribution in [0.25, 0.3) is 0 Å². The van der Waals surface area contributed by atoms with Crippen molar-refractivity contribution >= 4 is 17.5 Å². The minimum absolute atomic E-state index is 0.120. The van der Waals surface area contributed by atoms with Gasteiger partial charge in [-0.2, -0.15) is 0 Å². The Hall–Kier alpha value is -1.30. The number of rotatable bonds is 5. The van der Waals surface area contributed by atoms with E-state index < -0.39 is 6.10 Å². The fourth-order valence-electron chi connectivity index (χ4n) is 1.54. The molecule has 1 aromatic carbocycles. The molecule has 0 heterocycles. The second-order valence-corrected chi connectivity index (χ2v) is 4.39. The molecule has 0 spiro atoms. The van der Waals surface area contributed by atoms with E-state index in [1.807, 2.05) is 0 Å². The number of carbonyl (C=O) groups excluding carboxylic acids is 1. The van der Waals surface area contributed by atoms with Crippen LogP contribution in [0.5, 0.6) is 5.75 Å². The Kier molecular flexibility index (Phi) is 5.40. The maximum atomic E-state index is 12.0. The predicted octanol–water partition coefficient (Wildman–Crippen LogP) is 1.12. The first kappa shape index (κ1) is 14.8. The largest absolute Gasteiger partial charge is 0.507 e. The molecule has 1 rings (SSSR count). The highest BCUT2D eigenvalue weighted by Gasteiger charge is 2.18. The summed E-state index contributed by atoms with van der Waals surface area (Å²) >= 11 is 5.69. The Bertz CT molecular complexity index is 425. The number of phenols is 1. The van der Waals surface area contributed by atoms with Gasteiger partial charge in [0.25, 0.3) is 5.91 Å². The summed E-state index contributed by atoms with van der Waals surface area (Å²) in [6, 6.07) is 4.27. The second-order valence-electron chi connectivity index (χ2n) is 3.96. The number of carbonyl (C=O) groups is 1. The van der Waals surface area contributed by atoms with E-state index in [1.54, 1.807) is 0 Å². The molecule has 0 saturated carbocycles. The number of amides is 1. The van der Waals surface area contributed by atoms with Crippen molar-refractivity contribution in [1.29, 1.82) is 0 Å². The van der Waals surface area contributed by atoms with Gasteiger partial charge in [0.05, 0.1) is 18.3 Å². The molecule has 5 nitrogen and oxygen atoms in total. The summed E-state index contributed by atoms with van der Waals surface area (Å²) in [4.78, 5) is 13.3. The lowest BCUT2D eigenvalue weighted by Crippen LogP contribution is -2.36. The van der Waals surface area contributed by atoms with E-state index in [9.17, 15) is 15.0 Å². The standard InChI is InChI=1S/C12H16ClNO4/c1-14(6-9(15)7-18-2)12(17)10-4-3-8(13)5-11(10)16/h3-5,9,15-16H,6-7H2,1-2H3. The number of aliphatic hydroxyl groups excluding tert-OH is 1. The van der Waals surface area contributed by atoms with Crippen molar-refractivity contribution in [3.8, 4) is 5.75 Å². The molecular weight excluding hydrogens is 258 g/mol. The van der Waals surface area contributed by atoms with E-state index >= 15 is 0 Å². The summed E-state index contributed by atoms with van der Waals surface area (Å²) in [5.74, 6) is -0.570. The lowest BCUT2D eigenvalue weighted by Gasteiger charge is -2.20. The van der Waals surface area contributed by atoms with Gasteiger partial charge in [0.1, 0.15) is 5.75 Å². The summed E-state index contributed by atoms with van der Waals surface area (Å²) in [6.07, 6.45) is -0.765. The summed E-state index contributed by atoms with van der Waals surface area (Å²) in [6.45, 7) is 0.263. The molecule has 0 aliphatic heterocycles. The number of aliphatic hydroxyl groups is 1. The number of hydrogen-bond donors (Lipinski definition) is 2. The molecule has 0 radical (unpaired) electrons. The highest BCUT2D eigenvalue weighted by Crippen LogP contribution is 2.22. The van der Waals surface area contributed by atoms with E-state index in [0.717, 1.165) is 0 Å². The van der Waals surface area contributed by atoms with Crippen LogP contribution in [0.15, 0.2) is 18.2 Å². The molecule has 0 saturated heterocycles. The predicted molar refractivity (Wildman–Crippen MR) is 68.0 cm³/mol. The molecule has 1 amide bonds. The van der Waals surface area contributed by atoms with Crippen LogP contribution < -0.4 is 0 Å².